The van der Waals surface area contributed by atoms with Gasteiger partial charge in [-0.3, -0.25) is 0 Å². The van der Waals surface area contributed by atoms with Crippen molar-refractivity contribution in [2.75, 3.05) is 6.61 Å². The molecule has 1 fully saturated rings. The van der Waals surface area contributed by atoms with E-state index < -0.39 is 23.5 Å². The van der Waals surface area contributed by atoms with E-state index in [-0.39, 0.29) is 24.7 Å². The average Bonchev–Trinajstić information content (AvgIpc) is 3.12. The molecule has 0 amide bonds. The number of pyridine rings is 1. The Morgan fingerprint density at radius 3 is 2.46 bits per heavy atom. The molecule has 8 heteroatoms. The number of esters is 1. The van der Waals surface area contributed by atoms with Crippen LogP contribution in [0.2, 0.25) is 0 Å². The summed E-state index contributed by atoms with van der Waals surface area (Å²) in [6, 6.07) is 1.65. The molecule has 0 bridgehead atoms. The number of imidazole rings is 1. The third-order valence-electron chi connectivity index (χ3n) is 5.15. The maximum Gasteiger partial charge on any atom is 0.343 e. The molecule has 3 rings (SSSR count). The zero-order valence-electron chi connectivity index (χ0n) is 17.2. The summed E-state index contributed by atoms with van der Waals surface area (Å²) in [5.41, 5.74) is -0.126. The van der Waals surface area contributed by atoms with Gasteiger partial charge >= 0.3 is 5.97 Å². The highest BCUT2D eigenvalue weighted by atomic mass is 16.7. The van der Waals surface area contributed by atoms with Gasteiger partial charge in [0.15, 0.2) is 6.29 Å². The molecule has 1 aliphatic heterocycles. The Kier molecular flexibility index (Phi) is 5.45. The molecule has 0 spiro atoms. The van der Waals surface area contributed by atoms with Crippen molar-refractivity contribution in [3.8, 4) is 5.88 Å². The van der Waals surface area contributed by atoms with Crippen LogP contribution < -0.4 is 4.74 Å². The number of ether oxygens (including phenoxy) is 4. The highest BCUT2D eigenvalue weighted by Gasteiger charge is 2.49. The molecule has 0 N–H and O–H groups in total. The standard InChI is InChI=1S/C20H27N3O5/c1-7-25-17(24)14-10-13(18-27-19(2,3)20(4,5)28-18)11-22-16(14)26-12-15-21-8-9-23(15)6/h8-11,18H,7,12H2,1-6H3. The summed E-state index contributed by atoms with van der Waals surface area (Å²) in [5.74, 6) is 0.386. The number of carbonyl (C=O) groups excluding carboxylic acids is 1. The molecule has 152 valence electrons. The van der Waals surface area contributed by atoms with Crippen LogP contribution in [-0.2, 0) is 27.9 Å². The molecule has 1 aliphatic rings. The van der Waals surface area contributed by atoms with Crippen LogP contribution in [0, 0.1) is 0 Å². The summed E-state index contributed by atoms with van der Waals surface area (Å²) >= 11 is 0. The fourth-order valence-electron chi connectivity index (χ4n) is 2.71. The van der Waals surface area contributed by atoms with Crippen LogP contribution in [0.25, 0.3) is 0 Å². The predicted molar refractivity (Wildman–Crippen MR) is 101 cm³/mol. The van der Waals surface area contributed by atoms with Crippen molar-refractivity contribution in [3.63, 3.8) is 0 Å². The summed E-state index contributed by atoms with van der Waals surface area (Å²) < 4.78 is 24.9. The van der Waals surface area contributed by atoms with E-state index in [1.54, 1.807) is 25.4 Å². The van der Waals surface area contributed by atoms with Gasteiger partial charge < -0.3 is 23.5 Å². The van der Waals surface area contributed by atoms with E-state index in [0.717, 1.165) is 0 Å². The minimum absolute atomic E-state index is 0.179. The first kappa shape index (κ1) is 20.3. The third-order valence-corrected chi connectivity index (χ3v) is 5.15. The highest BCUT2D eigenvalue weighted by Crippen LogP contribution is 2.45. The lowest BCUT2D eigenvalue weighted by molar-refractivity contribution is -0.0898. The highest BCUT2D eigenvalue weighted by molar-refractivity contribution is 5.92. The van der Waals surface area contributed by atoms with Crippen LogP contribution in [-0.4, -0.2) is 38.3 Å². The SMILES string of the molecule is CCOC(=O)c1cc(C2OC(C)(C)C(C)(C)O2)cnc1OCc1nccn1C. The molecule has 0 aromatic carbocycles. The normalized spacial score (nSPS) is 18.2. The molecule has 0 unspecified atom stereocenters. The second-order valence-corrected chi connectivity index (χ2v) is 7.67. The minimum atomic E-state index is -0.630. The van der Waals surface area contributed by atoms with E-state index in [2.05, 4.69) is 9.97 Å². The predicted octanol–water partition coefficient (Wildman–Crippen LogP) is 3.17. The van der Waals surface area contributed by atoms with Gasteiger partial charge in [-0.25, -0.2) is 14.8 Å². The summed E-state index contributed by atoms with van der Waals surface area (Å²) in [4.78, 5) is 21.0. The molecule has 2 aromatic heterocycles. The fraction of sp³-hybridized carbons (Fsp3) is 0.550. The van der Waals surface area contributed by atoms with Gasteiger partial charge in [0, 0.05) is 31.2 Å². The maximum atomic E-state index is 12.5. The molecule has 2 aromatic rings. The van der Waals surface area contributed by atoms with Gasteiger partial charge in [0.2, 0.25) is 5.88 Å². The Morgan fingerprint density at radius 2 is 1.89 bits per heavy atom. The summed E-state index contributed by atoms with van der Waals surface area (Å²) in [6.07, 6.45) is 4.47. The first-order valence-corrected chi connectivity index (χ1v) is 9.26. The van der Waals surface area contributed by atoms with E-state index in [1.807, 2.05) is 45.5 Å². The van der Waals surface area contributed by atoms with E-state index in [0.29, 0.717) is 11.4 Å². The van der Waals surface area contributed by atoms with Crippen molar-refractivity contribution in [1.82, 2.24) is 14.5 Å². The average molecular weight is 389 g/mol. The van der Waals surface area contributed by atoms with Crippen LogP contribution in [0.4, 0.5) is 0 Å². The second-order valence-electron chi connectivity index (χ2n) is 7.67. The Balaban J connectivity index is 1.87. The first-order valence-electron chi connectivity index (χ1n) is 9.26. The number of carbonyl (C=O) groups is 1. The van der Waals surface area contributed by atoms with Crippen LogP contribution in [0.3, 0.4) is 0 Å². The summed E-state index contributed by atoms with van der Waals surface area (Å²) in [7, 11) is 1.87. The van der Waals surface area contributed by atoms with Crippen molar-refractivity contribution in [3.05, 3.63) is 41.6 Å². The van der Waals surface area contributed by atoms with E-state index in [1.165, 1.54) is 0 Å². The topological polar surface area (TPSA) is 84.7 Å². The van der Waals surface area contributed by atoms with E-state index in [9.17, 15) is 4.79 Å². The number of rotatable bonds is 6. The lowest BCUT2D eigenvalue weighted by atomic mass is 9.90. The fourth-order valence-corrected chi connectivity index (χ4v) is 2.71. The lowest BCUT2D eigenvalue weighted by Crippen LogP contribution is -2.41. The summed E-state index contributed by atoms with van der Waals surface area (Å²) in [5, 5.41) is 0. The first-order chi connectivity index (χ1) is 13.1. The molecule has 28 heavy (non-hydrogen) atoms. The summed E-state index contributed by atoms with van der Waals surface area (Å²) in [6.45, 7) is 10.1. The molecule has 3 heterocycles. The molecule has 0 aliphatic carbocycles. The zero-order chi connectivity index (χ0) is 20.5. The van der Waals surface area contributed by atoms with Crippen molar-refractivity contribution in [2.45, 2.75) is 58.7 Å². The molecule has 0 saturated carbocycles. The Labute approximate surface area is 164 Å². The second kappa shape index (κ2) is 7.52. The maximum absolute atomic E-state index is 12.5. The molecule has 0 atom stereocenters. The smallest absolute Gasteiger partial charge is 0.343 e. The monoisotopic (exact) mass is 389 g/mol. The number of hydrogen-bond acceptors (Lipinski definition) is 7. The number of aromatic nitrogens is 3. The Hall–Kier alpha value is -2.45. The number of aryl methyl sites for hydroxylation is 1. The van der Waals surface area contributed by atoms with Crippen molar-refractivity contribution >= 4 is 5.97 Å². The van der Waals surface area contributed by atoms with Gasteiger partial charge in [-0.1, -0.05) is 0 Å². The van der Waals surface area contributed by atoms with Crippen molar-refractivity contribution in [2.24, 2.45) is 7.05 Å². The van der Waals surface area contributed by atoms with Crippen molar-refractivity contribution in [1.29, 1.82) is 0 Å². The van der Waals surface area contributed by atoms with Crippen LogP contribution in [0.5, 0.6) is 5.88 Å². The van der Waals surface area contributed by atoms with Crippen LogP contribution in [0.15, 0.2) is 24.7 Å². The molecular formula is C20H27N3O5. The van der Waals surface area contributed by atoms with Crippen molar-refractivity contribution < 1.29 is 23.7 Å². The molecular weight excluding hydrogens is 362 g/mol. The van der Waals surface area contributed by atoms with Gasteiger partial charge in [-0.15, -0.1) is 0 Å². The quantitative estimate of drug-likeness (QED) is 0.702. The number of hydrogen-bond donors (Lipinski definition) is 0. The molecule has 1 saturated heterocycles. The van der Waals surface area contributed by atoms with E-state index >= 15 is 0 Å². The van der Waals surface area contributed by atoms with Gasteiger partial charge in [0.25, 0.3) is 0 Å². The molecule has 8 nitrogen and oxygen atoms in total. The lowest BCUT2D eigenvalue weighted by Gasteiger charge is -2.30. The minimum Gasteiger partial charge on any atom is -0.469 e. The largest absolute Gasteiger partial charge is 0.469 e. The molecule has 0 radical (unpaired) electrons. The Morgan fingerprint density at radius 1 is 1.21 bits per heavy atom. The van der Waals surface area contributed by atoms with Gasteiger partial charge in [0.05, 0.1) is 17.8 Å². The Bertz CT molecular complexity index is 843. The third kappa shape index (κ3) is 3.88. The van der Waals surface area contributed by atoms with E-state index in [4.69, 9.17) is 18.9 Å². The van der Waals surface area contributed by atoms with Crippen LogP contribution in [0.1, 0.15) is 62.7 Å². The van der Waals surface area contributed by atoms with Gasteiger partial charge in [0.1, 0.15) is 18.0 Å². The zero-order valence-corrected chi connectivity index (χ0v) is 17.2. The number of nitrogens with zero attached hydrogens (tertiary/aromatic N) is 3. The van der Waals surface area contributed by atoms with Gasteiger partial charge in [-0.05, 0) is 40.7 Å². The van der Waals surface area contributed by atoms with Crippen LogP contribution >= 0.6 is 0 Å². The van der Waals surface area contributed by atoms with Gasteiger partial charge in [-0.2, -0.15) is 0 Å².